The molecule has 18 heavy (non-hydrogen) atoms. The molecule has 2 amide bonds. The summed E-state index contributed by atoms with van der Waals surface area (Å²) >= 11 is 0. The molecule has 0 spiro atoms. The molecule has 4 N–H and O–H groups in total. The Bertz CT molecular complexity index is 238. The molecule has 1 rings (SSSR count). The van der Waals surface area contributed by atoms with Crippen molar-refractivity contribution in [3.8, 4) is 0 Å². The summed E-state index contributed by atoms with van der Waals surface area (Å²) in [7, 11) is 0. The Labute approximate surface area is 106 Å². The number of carboxylic acids is 1. The number of carboxylic acid groups (broad SMARTS) is 1. The molecule has 0 aromatic heterocycles. The fourth-order valence-corrected chi connectivity index (χ4v) is 0.836. The molecule has 0 saturated carbocycles. The third kappa shape index (κ3) is 16.9. The highest BCUT2D eigenvalue weighted by Gasteiger charge is 2.15. The van der Waals surface area contributed by atoms with Crippen LogP contribution in [-0.2, 0) is 14.4 Å². The summed E-state index contributed by atoms with van der Waals surface area (Å²) in [6, 6.07) is 0. The van der Waals surface area contributed by atoms with E-state index in [0.29, 0.717) is 19.3 Å². The normalized spacial score (nSPS) is 12.8. The Morgan fingerprint density at radius 1 is 1.17 bits per heavy atom. The zero-order valence-electron chi connectivity index (χ0n) is 10.5. The van der Waals surface area contributed by atoms with E-state index < -0.39 is 5.97 Å². The van der Waals surface area contributed by atoms with Crippen molar-refractivity contribution in [1.29, 1.82) is 0 Å². The fourth-order valence-electron chi connectivity index (χ4n) is 0.836. The molecule has 0 unspecified atom stereocenters. The minimum atomic E-state index is -0.693. The second-order valence-corrected chi connectivity index (χ2v) is 3.42. The van der Waals surface area contributed by atoms with Crippen LogP contribution in [0.4, 0.5) is 0 Å². The number of carbonyl (C=O) groups excluding carboxylic acids is 2. The number of carbonyl (C=O) groups is 3. The number of hydrogen-bond acceptors (Lipinski definition) is 5. The van der Waals surface area contributed by atoms with Crippen molar-refractivity contribution in [2.24, 2.45) is 0 Å². The second-order valence-electron chi connectivity index (χ2n) is 3.42. The molecule has 0 radical (unpaired) electrons. The van der Waals surface area contributed by atoms with Crippen molar-refractivity contribution < 1.29 is 29.7 Å². The molecular weight excluding hydrogens is 242 g/mol. The number of nitrogens with one attached hydrogen (secondary N) is 1. The summed E-state index contributed by atoms with van der Waals surface area (Å²) in [6.45, 7) is 1.73. The van der Waals surface area contributed by atoms with Gasteiger partial charge in [0, 0.05) is 19.3 Å². The van der Waals surface area contributed by atoms with Gasteiger partial charge in [-0.15, -0.1) is 0 Å². The molecule has 1 fully saturated rings. The maximum absolute atomic E-state index is 10.1. The summed E-state index contributed by atoms with van der Waals surface area (Å²) in [5.41, 5.74) is 0. The molecule has 0 atom stereocenters. The summed E-state index contributed by atoms with van der Waals surface area (Å²) in [5, 5.41) is 25.4. The van der Waals surface area contributed by atoms with Crippen LogP contribution in [0.1, 0.15) is 39.0 Å². The van der Waals surface area contributed by atoms with E-state index >= 15 is 0 Å². The first-order valence-electron chi connectivity index (χ1n) is 5.74. The first kappa shape index (κ1) is 18.9. The Morgan fingerprint density at radius 3 is 1.72 bits per heavy atom. The average molecular weight is 263 g/mol. The van der Waals surface area contributed by atoms with Gasteiger partial charge in [0.25, 0.3) is 0 Å². The van der Waals surface area contributed by atoms with Crippen molar-refractivity contribution in [2.75, 3.05) is 13.2 Å². The minimum absolute atomic E-state index is 0.125. The van der Waals surface area contributed by atoms with Gasteiger partial charge in [0.2, 0.25) is 11.8 Å². The first-order chi connectivity index (χ1) is 8.47. The first-order valence-corrected chi connectivity index (χ1v) is 5.74. The van der Waals surface area contributed by atoms with Gasteiger partial charge in [-0.1, -0.05) is 13.3 Å². The lowest BCUT2D eigenvalue weighted by atomic mass is 10.3. The summed E-state index contributed by atoms with van der Waals surface area (Å²) in [4.78, 5) is 30.0. The van der Waals surface area contributed by atoms with Gasteiger partial charge >= 0.3 is 5.97 Å². The van der Waals surface area contributed by atoms with Gasteiger partial charge in [0.15, 0.2) is 0 Å². The van der Waals surface area contributed by atoms with Gasteiger partial charge in [-0.3, -0.25) is 19.7 Å². The van der Waals surface area contributed by atoms with Crippen molar-refractivity contribution in [1.82, 2.24) is 5.32 Å². The Kier molecular flexibility index (Phi) is 14.3. The van der Waals surface area contributed by atoms with Crippen molar-refractivity contribution in [3.05, 3.63) is 0 Å². The van der Waals surface area contributed by atoms with Gasteiger partial charge in [-0.05, 0) is 6.42 Å². The number of amides is 2. The molecule has 0 aliphatic carbocycles. The van der Waals surface area contributed by atoms with E-state index in [4.69, 9.17) is 15.3 Å². The van der Waals surface area contributed by atoms with Gasteiger partial charge in [-0.2, -0.15) is 0 Å². The van der Waals surface area contributed by atoms with Crippen LogP contribution in [0.25, 0.3) is 0 Å². The molecule has 106 valence electrons. The highest BCUT2D eigenvalue weighted by molar-refractivity contribution is 6.01. The summed E-state index contributed by atoms with van der Waals surface area (Å²) in [5.74, 6) is -0.989. The summed E-state index contributed by atoms with van der Waals surface area (Å²) < 4.78 is 0. The van der Waals surface area contributed by atoms with Crippen LogP contribution in [0.3, 0.4) is 0 Å². The molecule has 0 aromatic rings. The van der Waals surface area contributed by atoms with E-state index in [1.807, 2.05) is 6.92 Å². The average Bonchev–Trinajstić information content (AvgIpc) is 2.71. The number of rotatable bonds is 4. The largest absolute Gasteiger partial charge is 0.481 e. The topological polar surface area (TPSA) is 124 Å². The Hall–Kier alpha value is -1.47. The molecule has 0 bridgehead atoms. The molecule has 1 heterocycles. The van der Waals surface area contributed by atoms with Crippen LogP contribution < -0.4 is 5.32 Å². The lowest BCUT2D eigenvalue weighted by Crippen LogP contribution is -2.18. The van der Waals surface area contributed by atoms with Crippen LogP contribution in [0.15, 0.2) is 0 Å². The Morgan fingerprint density at radius 2 is 1.61 bits per heavy atom. The predicted octanol–water partition coefficient (Wildman–Crippen LogP) is -0.345. The standard InChI is InChI=1S/C5H10O2.C4H5NO2.C2H6O2/c1-2-3-4-5(6)7;6-3-1-2-4(7)5-3;3-1-2-4/h2-4H2,1H3,(H,6,7);1-2H2,(H,5,6,7);3-4H,1-2H2. The zero-order chi connectivity index (χ0) is 14.4. The van der Waals surface area contributed by atoms with Crippen LogP contribution in [-0.4, -0.2) is 46.3 Å². The maximum atomic E-state index is 10.1. The number of hydrogen-bond donors (Lipinski definition) is 4. The van der Waals surface area contributed by atoms with E-state index in [9.17, 15) is 14.4 Å². The van der Waals surface area contributed by atoms with Gasteiger partial charge in [0.1, 0.15) is 0 Å². The van der Waals surface area contributed by atoms with E-state index in [1.165, 1.54) is 0 Å². The highest BCUT2D eigenvalue weighted by Crippen LogP contribution is 1.95. The van der Waals surface area contributed by atoms with Gasteiger partial charge in [-0.25, -0.2) is 0 Å². The van der Waals surface area contributed by atoms with E-state index in [-0.39, 0.29) is 25.0 Å². The van der Waals surface area contributed by atoms with Crippen LogP contribution in [0.5, 0.6) is 0 Å². The van der Waals surface area contributed by atoms with Crippen LogP contribution >= 0.6 is 0 Å². The van der Waals surface area contributed by atoms with Crippen LogP contribution in [0.2, 0.25) is 0 Å². The maximum Gasteiger partial charge on any atom is 0.303 e. The smallest absolute Gasteiger partial charge is 0.303 e. The van der Waals surface area contributed by atoms with E-state index in [0.717, 1.165) is 12.8 Å². The number of aliphatic hydroxyl groups excluding tert-OH is 2. The number of imide groups is 1. The van der Waals surface area contributed by atoms with E-state index in [1.54, 1.807) is 0 Å². The third-order valence-corrected chi connectivity index (χ3v) is 1.70. The number of aliphatic carboxylic acids is 1. The van der Waals surface area contributed by atoms with Gasteiger partial charge in [0.05, 0.1) is 13.2 Å². The molecule has 7 heteroatoms. The predicted molar refractivity (Wildman–Crippen MR) is 63.7 cm³/mol. The molecule has 1 saturated heterocycles. The molecule has 0 aromatic carbocycles. The SMILES string of the molecule is CCCCC(=O)O.O=C1CCC(=O)N1.OCCO. The summed E-state index contributed by atoms with van der Waals surface area (Å²) in [6.07, 6.45) is 2.83. The lowest BCUT2D eigenvalue weighted by molar-refractivity contribution is -0.137. The van der Waals surface area contributed by atoms with Crippen LogP contribution in [0, 0.1) is 0 Å². The van der Waals surface area contributed by atoms with Crippen molar-refractivity contribution in [2.45, 2.75) is 39.0 Å². The molecular formula is C11H21NO6. The van der Waals surface area contributed by atoms with Crippen molar-refractivity contribution >= 4 is 17.8 Å². The lowest BCUT2D eigenvalue weighted by Gasteiger charge is -1.85. The van der Waals surface area contributed by atoms with E-state index in [2.05, 4.69) is 5.32 Å². The third-order valence-electron chi connectivity index (χ3n) is 1.70. The fraction of sp³-hybridized carbons (Fsp3) is 0.727. The minimum Gasteiger partial charge on any atom is -0.481 e. The molecule has 7 nitrogen and oxygen atoms in total. The number of aliphatic hydroxyl groups is 2. The zero-order valence-corrected chi connectivity index (χ0v) is 10.5. The molecule has 1 aliphatic rings. The molecule has 1 aliphatic heterocycles. The number of unbranched alkanes of at least 4 members (excludes halogenated alkanes) is 1. The van der Waals surface area contributed by atoms with Gasteiger partial charge < -0.3 is 15.3 Å². The quantitative estimate of drug-likeness (QED) is 0.514. The monoisotopic (exact) mass is 263 g/mol. The highest BCUT2D eigenvalue weighted by atomic mass is 16.4. The Balaban J connectivity index is 0. The second kappa shape index (κ2) is 13.6. The van der Waals surface area contributed by atoms with Crippen molar-refractivity contribution in [3.63, 3.8) is 0 Å².